The summed E-state index contributed by atoms with van der Waals surface area (Å²) in [4.78, 5) is 34.3. The summed E-state index contributed by atoms with van der Waals surface area (Å²) >= 11 is 0. The van der Waals surface area contributed by atoms with Crippen LogP contribution in [-0.4, -0.2) is 73.7 Å². The average molecular weight is 558 g/mol. The number of hydrogen-bond acceptors (Lipinski definition) is 5. The third-order valence-corrected chi connectivity index (χ3v) is 7.01. The van der Waals surface area contributed by atoms with Crippen molar-refractivity contribution in [2.75, 3.05) is 47.1 Å². The number of fused-ring (bicyclic) bond motifs is 1. The van der Waals surface area contributed by atoms with Crippen LogP contribution in [0, 0.1) is 0 Å². The standard InChI is InChI=1S/C33H39N3O5/c1-4-41-27-16-14-25(15-17-27)23-35(20-18-26-22-34-30-12-7-5-10-28(26)30)32(37)24-36(19-9-21-39-2)33(38)29-11-6-8-13-31(29)40-3/h5-8,10-17,22,34H,4,9,18-21,23-24H2,1-3H3. The number of amides is 2. The minimum absolute atomic E-state index is 0.0501. The zero-order chi connectivity index (χ0) is 29.0. The number of nitrogens with one attached hydrogen (secondary N) is 1. The van der Waals surface area contributed by atoms with Crippen molar-refractivity contribution in [3.63, 3.8) is 0 Å². The van der Waals surface area contributed by atoms with Crippen molar-refractivity contribution in [1.29, 1.82) is 0 Å². The van der Waals surface area contributed by atoms with E-state index in [1.54, 1.807) is 30.2 Å². The molecule has 216 valence electrons. The van der Waals surface area contributed by atoms with Crippen LogP contribution in [0.4, 0.5) is 0 Å². The van der Waals surface area contributed by atoms with Gasteiger partial charge in [-0.1, -0.05) is 42.5 Å². The van der Waals surface area contributed by atoms with Gasteiger partial charge in [-0.15, -0.1) is 0 Å². The molecule has 1 heterocycles. The summed E-state index contributed by atoms with van der Waals surface area (Å²) in [5, 5.41) is 1.15. The van der Waals surface area contributed by atoms with Gasteiger partial charge in [0.15, 0.2) is 0 Å². The van der Waals surface area contributed by atoms with Gasteiger partial charge in [0.25, 0.3) is 5.91 Å². The zero-order valence-electron chi connectivity index (χ0n) is 24.1. The highest BCUT2D eigenvalue weighted by Gasteiger charge is 2.24. The first kappa shape index (κ1) is 29.7. The second-order valence-electron chi connectivity index (χ2n) is 9.78. The van der Waals surface area contributed by atoms with E-state index < -0.39 is 0 Å². The minimum Gasteiger partial charge on any atom is -0.496 e. The summed E-state index contributed by atoms with van der Waals surface area (Å²) in [5.41, 5.74) is 3.63. The molecule has 0 aliphatic rings. The van der Waals surface area contributed by atoms with E-state index in [4.69, 9.17) is 14.2 Å². The number of nitrogens with zero attached hydrogens (tertiary/aromatic N) is 2. The second kappa shape index (κ2) is 14.9. The Kier molecular flexibility index (Phi) is 10.8. The van der Waals surface area contributed by atoms with Crippen molar-refractivity contribution >= 4 is 22.7 Å². The lowest BCUT2D eigenvalue weighted by Gasteiger charge is -2.28. The van der Waals surface area contributed by atoms with E-state index >= 15 is 0 Å². The van der Waals surface area contributed by atoms with Crippen LogP contribution in [0.2, 0.25) is 0 Å². The summed E-state index contributed by atoms with van der Waals surface area (Å²) < 4.78 is 16.2. The number of benzene rings is 3. The monoisotopic (exact) mass is 557 g/mol. The first-order valence-electron chi connectivity index (χ1n) is 14.0. The Balaban J connectivity index is 1.56. The smallest absolute Gasteiger partial charge is 0.258 e. The highest BCUT2D eigenvalue weighted by Crippen LogP contribution is 2.22. The minimum atomic E-state index is -0.246. The van der Waals surface area contributed by atoms with Crippen LogP contribution in [0.15, 0.2) is 79.0 Å². The van der Waals surface area contributed by atoms with Crippen molar-refractivity contribution in [3.05, 3.63) is 95.7 Å². The van der Waals surface area contributed by atoms with E-state index in [0.29, 0.717) is 57.0 Å². The third-order valence-electron chi connectivity index (χ3n) is 7.01. The number of carbonyl (C=O) groups excluding carboxylic acids is 2. The molecule has 0 aliphatic heterocycles. The van der Waals surface area contributed by atoms with Gasteiger partial charge in [0.2, 0.25) is 5.91 Å². The lowest BCUT2D eigenvalue weighted by Crippen LogP contribution is -2.44. The molecule has 4 aromatic rings. The van der Waals surface area contributed by atoms with Gasteiger partial charge in [-0.25, -0.2) is 0 Å². The molecule has 0 bridgehead atoms. The van der Waals surface area contributed by atoms with Gasteiger partial charge in [-0.2, -0.15) is 0 Å². The number of ether oxygens (including phenoxy) is 3. The molecule has 0 radical (unpaired) electrons. The van der Waals surface area contributed by atoms with Crippen LogP contribution in [0.3, 0.4) is 0 Å². The summed E-state index contributed by atoms with van der Waals surface area (Å²) in [6.07, 6.45) is 3.29. The zero-order valence-corrected chi connectivity index (χ0v) is 24.1. The summed E-state index contributed by atoms with van der Waals surface area (Å²) in [6.45, 7) is 4.28. The normalized spacial score (nSPS) is 10.9. The molecule has 0 saturated heterocycles. The quantitative estimate of drug-likeness (QED) is 0.200. The predicted molar refractivity (Wildman–Crippen MR) is 160 cm³/mol. The maximum absolute atomic E-state index is 13.9. The maximum Gasteiger partial charge on any atom is 0.258 e. The summed E-state index contributed by atoms with van der Waals surface area (Å²) in [6, 6.07) is 23.0. The van der Waals surface area contributed by atoms with Crippen LogP contribution < -0.4 is 9.47 Å². The number of methoxy groups -OCH3 is 2. The van der Waals surface area contributed by atoms with Crippen LogP contribution >= 0.6 is 0 Å². The molecular weight excluding hydrogens is 518 g/mol. The molecule has 4 rings (SSSR count). The molecule has 0 aliphatic carbocycles. The Morgan fingerprint density at radius 3 is 2.39 bits per heavy atom. The van der Waals surface area contributed by atoms with Crippen molar-refractivity contribution in [2.24, 2.45) is 0 Å². The summed E-state index contributed by atoms with van der Waals surface area (Å²) in [7, 11) is 3.16. The number of rotatable bonds is 15. The van der Waals surface area contributed by atoms with Gasteiger partial charge in [-0.3, -0.25) is 9.59 Å². The largest absolute Gasteiger partial charge is 0.496 e. The first-order valence-corrected chi connectivity index (χ1v) is 14.0. The molecule has 0 saturated carbocycles. The van der Waals surface area contributed by atoms with E-state index in [1.165, 1.54) is 7.11 Å². The SMILES string of the molecule is CCOc1ccc(CN(CCc2c[nH]c3ccccc23)C(=O)CN(CCCOC)C(=O)c2ccccc2OC)cc1. The van der Waals surface area contributed by atoms with Crippen LogP contribution in [0.5, 0.6) is 11.5 Å². The second-order valence-corrected chi connectivity index (χ2v) is 9.78. The molecule has 1 N–H and O–H groups in total. The van der Waals surface area contributed by atoms with Crippen molar-refractivity contribution in [1.82, 2.24) is 14.8 Å². The molecule has 0 unspecified atom stereocenters. The van der Waals surface area contributed by atoms with Gasteiger partial charge in [0.05, 0.1) is 19.3 Å². The molecule has 1 aromatic heterocycles. The van der Waals surface area contributed by atoms with Gasteiger partial charge in [0.1, 0.15) is 18.0 Å². The third kappa shape index (κ3) is 7.89. The molecule has 2 amide bonds. The highest BCUT2D eigenvalue weighted by atomic mass is 16.5. The fourth-order valence-electron chi connectivity index (χ4n) is 4.87. The van der Waals surface area contributed by atoms with E-state index in [0.717, 1.165) is 27.8 Å². The molecule has 0 atom stereocenters. The van der Waals surface area contributed by atoms with E-state index in [1.807, 2.05) is 66.6 Å². The molecular formula is C33H39N3O5. The Morgan fingerprint density at radius 2 is 1.63 bits per heavy atom. The van der Waals surface area contributed by atoms with E-state index in [9.17, 15) is 9.59 Å². The lowest BCUT2D eigenvalue weighted by molar-refractivity contribution is -0.132. The maximum atomic E-state index is 13.9. The topological polar surface area (TPSA) is 84.1 Å². The highest BCUT2D eigenvalue weighted by molar-refractivity contribution is 5.98. The van der Waals surface area contributed by atoms with Crippen LogP contribution in [-0.2, 0) is 22.5 Å². The van der Waals surface area contributed by atoms with Crippen molar-refractivity contribution < 1.29 is 23.8 Å². The Morgan fingerprint density at radius 1 is 0.878 bits per heavy atom. The van der Waals surface area contributed by atoms with Gasteiger partial charge < -0.3 is 29.0 Å². The Bertz CT molecular complexity index is 1420. The molecule has 41 heavy (non-hydrogen) atoms. The van der Waals surface area contributed by atoms with Gasteiger partial charge >= 0.3 is 0 Å². The Hall–Kier alpha value is -4.30. The molecule has 0 fully saturated rings. The number of carbonyl (C=O) groups is 2. The van der Waals surface area contributed by atoms with E-state index in [2.05, 4.69) is 11.1 Å². The lowest BCUT2D eigenvalue weighted by atomic mass is 10.1. The van der Waals surface area contributed by atoms with Crippen molar-refractivity contribution in [3.8, 4) is 11.5 Å². The molecule has 8 heteroatoms. The van der Waals surface area contributed by atoms with Crippen LogP contribution in [0.1, 0.15) is 34.8 Å². The van der Waals surface area contributed by atoms with Gasteiger partial charge in [-0.05, 0) is 61.2 Å². The van der Waals surface area contributed by atoms with Crippen molar-refractivity contribution in [2.45, 2.75) is 26.3 Å². The van der Waals surface area contributed by atoms with Crippen LogP contribution in [0.25, 0.3) is 10.9 Å². The number of aromatic amines is 1. The fourth-order valence-corrected chi connectivity index (χ4v) is 4.87. The Labute approximate surface area is 241 Å². The van der Waals surface area contributed by atoms with Gasteiger partial charge in [0, 0.05) is 50.5 Å². The van der Waals surface area contributed by atoms with E-state index in [-0.39, 0.29) is 18.4 Å². The molecule has 0 spiro atoms. The number of hydrogen-bond donors (Lipinski definition) is 1. The summed E-state index contributed by atoms with van der Waals surface area (Å²) in [5.74, 6) is 0.899. The number of para-hydroxylation sites is 2. The number of H-pyrrole nitrogens is 1. The fraction of sp³-hybridized carbons (Fsp3) is 0.333. The molecule has 8 nitrogen and oxygen atoms in total. The molecule has 3 aromatic carbocycles. The first-order chi connectivity index (χ1) is 20.0. The average Bonchev–Trinajstić information content (AvgIpc) is 3.42. The number of aromatic nitrogens is 1. The predicted octanol–water partition coefficient (Wildman–Crippen LogP) is 5.33.